The van der Waals surface area contributed by atoms with Crippen LogP contribution in [0.2, 0.25) is 0 Å². The summed E-state index contributed by atoms with van der Waals surface area (Å²) in [6.07, 6.45) is 1.37. The van der Waals surface area contributed by atoms with Gasteiger partial charge >= 0.3 is 5.97 Å². The van der Waals surface area contributed by atoms with Crippen LogP contribution in [0.25, 0.3) is 0 Å². The van der Waals surface area contributed by atoms with Crippen LogP contribution in [0.5, 0.6) is 0 Å². The first-order chi connectivity index (χ1) is 18.5. The average molecular weight is 568 g/mol. The number of ether oxygens (including phenoxy) is 1. The summed E-state index contributed by atoms with van der Waals surface area (Å²) in [7, 11) is -3.00. The highest BCUT2D eigenvalue weighted by molar-refractivity contribution is 7.96. The number of hydrogen-bond donors (Lipinski definition) is 0. The summed E-state index contributed by atoms with van der Waals surface area (Å²) in [6, 6.07) is 6.22. The number of Topliss-reactive ketones (excluding diaryl/α,β-unsaturated/α-hetero) is 1. The summed E-state index contributed by atoms with van der Waals surface area (Å²) in [5.41, 5.74) is -0.456. The fourth-order valence-corrected chi connectivity index (χ4v) is 8.66. The molecule has 0 aromatic carbocycles. The largest absolute Gasteiger partial charge is 0.460 e. The van der Waals surface area contributed by atoms with Crippen molar-refractivity contribution in [3.05, 3.63) is 58.4 Å². The van der Waals surface area contributed by atoms with Crippen molar-refractivity contribution < 1.29 is 22.9 Å². The van der Waals surface area contributed by atoms with Crippen LogP contribution in [0.1, 0.15) is 87.4 Å². The van der Waals surface area contributed by atoms with Crippen molar-refractivity contribution in [1.29, 1.82) is 5.26 Å². The molecule has 2 aliphatic rings. The fourth-order valence-electron chi connectivity index (χ4n) is 5.40. The number of nitriles is 1. The molecule has 11 heteroatoms. The first kappa shape index (κ1) is 29.5. The van der Waals surface area contributed by atoms with E-state index >= 15 is 4.39 Å². The average Bonchev–Trinajstić information content (AvgIpc) is 3.27. The lowest BCUT2D eigenvalue weighted by Crippen LogP contribution is -2.56. The van der Waals surface area contributed by atoms with Crippen molar-refractivity contribution in [1.82, 2.24) is 9.97 Å². The van der Waals surface area contributed by atoms with Crippen LogP contribution in [0, 0.1) is 24.1 Å². The van der Waals surface area contributed by atoms with Crippen LogP contribution in [0.3, 0.4) is 0 Å². The van der Waals surface area contributed by atoms with Gasteiger partial charge in [0.15, 0.2) is 5.78 Å². The molecule has 0 N–H and O–H groups in total. The van der Waals surface area contributed by atoms with Gasteiger partial charge in [-0.2, -0.15) is 5.26 Å². The van der Waals surface area contributed by atoms with Crippen molar-refractivity contribution in [3.8, 4) is 6.07 Å². The van der Waals surface area contributed by atoms with Crippen LogP contribution in [0.4, 0.5) is 4.39 Å². The molecule has 212 valence electrons. The van der Waals surface area contributed by atoms with Gasteiger partial charge in [-0.3, -0.25) is 24.5 Å². The molecule has 4 heterocycles. The smallest absolute Gasteiger partial charge is 0.312 e. The van der Waals surface area contributed by atoms with Crippen molar-refractivity contribution in [2.45, 2.75) is 88.9 Å². The third kappa shape index (κ3) is 5.17. The topological polar surface area (TPSA) is 135 Å². The molecule has 0 amide bonds. The van der Waals surface area contributed by atoms with Crippen LogP contribution in [0.15, 0.2) is 33.8 Å². The second-order valence-corrected chi connectivity index (χ2v) is 14.9. The van der Waals surface area contributed by atoms with Crippen LogP contribution >= 0.6 is 0 Å². The number of aliphatic imine (C=N–C) groups is 1. The predicted octanol–water partition coefficient (Wildman–Crippen LogP) is 4.64. The minimum atomic E-state index is -3.00. The zero-order valence-electron chi connectivity index (χ0n) is 23.9. The van der Waals surface area contributed by atoms with Gasteiger partial charge in [0.05, 0.1) is 38.1 Å². The van der Waals surface area contributed by atoms with E-state index in [9.17, 15) is 13.8 Å². The Balaban J connectivity index is 1.77. The molecule has 2 aliphatic heterocycles. The Morgan fingerprint density at radius 1 is 1.23 bits per heavy atom. The Morgan fingerprint density at radius 3 is 2.55 bits per heavy atom. The summed E-state index contributed by atoms with van der Waals surface area (Å²) in [6.45, 7) is 12.5. The van der Waals surface area contributed by atoms with Gasteiger partial charge in [0.1, 0.15) is 34.4 Å². The zero-order valence-corrected chi connectivity index (χ0v) is 24.7. The third-order valence-electron chi connectivity index (χ3n) is 7.41. The van der Waals surface area contributed by atoms with Crippen molar-refractivity contribution in [3.63, 3.8) is 0 Å². The van der Waals surface area contributed by atoms with E-state index in [1.54, 1.807) is 54.5 Å². The lowest BCUT2D eigenvalue weighted by Gasteiger charge is -2.45. The molecule has 2 aromatic rings. The summed E-state index contributed by atoms with van der Waals surface area (Å²) in [5.74, 6) is -1.52. The quantitative estimate of drug-likeness (QED) is 0.366. The monoisotopic (exact) mass is 567 g/mol. The maximum absolute atomic E-state index is 15.5. The second kappa shape index (κ2) is 10.1. The molecule has 9 nitrogen and oxygen atoms in total. The highest BCUT2D eigenvalue weighted by Crippen LogP contribution is 2.48. The minimum Gasteiger partial charge on any atom is -0.460 e. The summed E-state index contributed by atoms with van der Waals surface area (Å²) in [4.78, 5) is 39.5. The number of carbonyl (C=O) groups excluding carboxylic acids is 2. The molecule has 0 fully saturated rings. The Hall–Kier alpha value is -3.52. The Labute approximate surface area is 234 Å². The fraction of sp³-hybridized carbons (Fsp3) is 0.517. The molecule has 2 aromatic heterocycles. The molecule has 40 heavy (non-hydrogen) atoms. The lowest BCUT2D eigenvalue weighted by atomic mass is 9.88. The van der Waals surface area contributed by atoms with E-state index in [0.717, 1.165) is 0 Å². The molecule has 0 radical (unpaired) electrons. The molecular formula is C29H34FN5O4S. The number of halogens is 1. The lowest BCUT2D eigenvalue weighted by molar-refractivity contribution is -0.153. The zero-order chi connectivity index (χ0) is 29.7. The number of hydrogen-bond acceptors (Lipinski definition) is 9. The number of aryl methyl sites for hydroxylation is 1. The maximum atomic E-state index is 15.5. The summed E-state index contributed by atoms with van der Waals surface area (Å²) in [5, 5.41) is 8.43. The molecule has 0 saturated heterocycles. The van der Waals surface area contributed by atoms with E-state index in [1.807, 2.05) is 6.07 Å². The number of aromatic nitrogens is 2. The van der Waals surface area contributed by atoms with E-state index in [0.29, 0.717) is 35.5 Å². The Morgan fingerprint density at radius 2 is 1.93 bits per heavy atom. The highest BCUT2D eigenvalue weighted by atomic mass is 32.2. The predicted molar refractivity (Wildman–Crippen MR) is 149 cm³/mol. The maximum Gasteiger partial charge on any atom is 0.312 e. The van der Waals surface area contributed by atoms with Crippen LogP contribution in [-0.2, 0) is 31.2 Å². The molecule has 4 rings (SSSR count). The second-order valence-electron chi connectivity index (χ2n) is 11.9. The van der Waals surface area contributed by atoms with Gasteiger partial charge in [0, 0.05) is 24.1 Å². The Kier molecular flexibility index (Phi) is 7.47. The first-order valence-electron chi connectivity index (χ1n) is 13.1. The van der Waals surface area contributed by atoms with Gasteiger partial charge in [0.2, 0.25) is 0 Å². The van der Waals surface area contributed by atoms with E-state index in [1.165, 1.54) is 18.3 Å². The number of fused-ring (bicyclic) bond motifs is 1. The van der Waals surface area contributed by atoms with E-state index < -0.39 is 42.7 Å². The number of nitrogens with zero attached hydrogens (tertiary/aromatic N) is 5. The molecule has 0 saturated carbocycles. The molecule has 0 bridgehead atoms. The van der Waals surface area contributed by atoms with Crippen LogP contribution in [-0.4, -0.2) is 53.8 Å². The van der Waals surface area contributed by atoms with Gasteiger partial charge < -0.3 is 4.74 Å². The molecule has 0 spiro atoms. The summed E-state index contributed by atoms with van der Waals surface area (Å²) < 4.78 is 39.0. The SMILES string of the molecule is Cc1cc(C#N)cnc1C(=O)Cc1ccc(F)c([C@@]2(C)N=C(CC(=O)OC(C)(C)C)C(C)(C)[S@@]3(=O)=NCC[C@@H]23)n1. The van der Waals surface area contributed by atoms with E-state index in [-0.39, 0.29) is 30.0 Å². The highest BCUT2D eigenvalue weighted by Gasteiger charge is 2.58. The molecule has 0 unspecified atom stereocenters. The van der Waals surface area contributed by atoms with Gasteiger partial charge in [-0.25, -0.2) is 13.0 Å². The van der Waals surface area contributed by atoms with Crippen molar-refractivity contribution in [2.75, 3.05) is 6.54 Å². The standard InChI is InChI=1S/C29H34FN5O4S/c1-17-12-18(15-31)16-32-25(17)21(36)13-19-8-9-20(30)26(34-19)29(7)23-10-11-33-40(23,38)28(5,6)22(35-29)14-24(37)39-27(2,3)4/h8-9,12,16,23H,10-11,13-14H2,1-7H3/t23-,29-,40+/m0/s1. The normalized spacial score (nSPS) is 25.3. The molecule has 0 aliphatic carbocycles. The molecular weight excluding hydrogens is 533 g/mol. The number of ketones is 1. The number of rotatable bonds is 6. The van der Waals surface area contributed by atoms with Gasteiger partial charge in [-0.05, 0) is 78.6 Å². The van der Waals surface area contributed by atoms with Gasteiger partial charge in [0.25, 0.3) is 0 Å². The number of carbonyl (C=O) groups is 2. The summed E-state index contributed by atoms with van der Waals surface area (Å²) >= 11 is 0. The van der Waals surface area contributed by atoms with Crippen LogP contribution < -0.4 is 0 Å². The van der Waals surface area contributed by atoms with E-state index in [2.05, 4.69) is 14.3 Å². The Bertz CT molecular complexity index is 1590. The van der Waals surface area contributed by atoms with Crippen molar-refractivity contribution >= 4 is 27.2 Å². The van der Waals surface area contributed by atoms with Gasteiger partial charge in [-0.1, -0.05) is 0 Å². The number of esters is 1. The third-order valence-corrected chi connectivity index (χ3v) is 11.1. The van der Waals surface area contributed by atoms with Crippen molar-refractivity contribution in [2.24, 2.45) is 9.36 Å². The molecule has 3 atom stereocenters. The van der Waals surface area contributed by atoms with E-state index in [4.69, 9.17) is 15.0 Å². The minimum absolute atomic E-state index is 0.0469. The van der Waals surface area contributed by atoms with Gasteiger partial charge in [-0.15, -0.1) is 0 Å². The number of pyridine rings is 2. The first-order valence-corrected chi connectivity index (χ1v) is 14.7.